The van der Waals surface area contributed by atoms with Crippen molar-refractivity contribution in [2.24, 2.45) is 0 Å². The molecule has 2 aromatic carbocycles. The summed E-state index contributed by atoms with van der Waals surface area (Å²) in [4.78, 5) is 11.9. The summed E-state index contributed by atoms with van der Waals surface area (Å²) in [6.07, 6.45) is 1.70. The van der Waals surface area contributed by atoms with Gasteiger partial charge in [0.05, 0.1) is 12.6 Å². The minimum atomic E-state index is -0.202. The number of benzene rings is 2. The largest absolute Gasteiger partial charge is 0.457 e. The molecule has 0 unspecified atom stereocenters. The number of nitrogens with zero attached hydrogens (tertiary/aromatic N) is 1. The smallest absolute Gasteiger partial charge is 0.277 e. The molecule has 0 spiro atoms. The lowest BCUT2D eigenvalue weighted by molar-refractivity contribution is 0.476. The first-order chi connectivity index (χ1) is 11.2. The number of aromatic nitrogens is 1. The molecule has 0 fully saturated rings. The molecule has 115 valence electrons. The van der Waals surface area contributed by atoms with Crippen molar-refractivity contribution < 1.29 is 4.74 Å². The van der Waals surface area contributed by atoms with Crippen LogP contribution < -0.4 is 15.7 Å². The minimum absolute atomic E-state index is 0.202. The zero-order valence-electron chi connectivity index (χ0n) is 12.8. The predicted molar refractivity (Wildman–Crippen MR) is 90.3 cm³/mol. The Morgan fingerprint density at radius 2 is 1.78 bits per heavy atom. The summed E-state index contributed by atoms with van der Waals surface area (Å²) >= 11 is 0. The first-order valence-electron chi connectivity index (χ1n) is 7.38. The molecule has 0 bridgehead atoms. The molecule has 0 saturated heterocycles. The minimum Gasteiger partial charge on any atom is -0.457 e. The lowest BCUT2D eigenvalue weighted by Gasteiger charge is -2.13. The summed E-state index contributed by atoms with van der Waals surface area (Å²) < 4.78 is 7.33. The van der Waals surface area contributed by atoms with Crippen LogP contribution in [-0.4, -0.2) is 4.68 Å². The highest BCUT2D eigenvalue weighted by molar-refractivity contribution is 5.38. The highest BCUT2D eigenvalue weighted by Crippen LogP contribution is 2.24. The second-order valence-electron chi connectivity index (χ2n) is 5.16. The third kappa shape index (κ3) is 3.80. The maximum absolute atomic E-state index is 11.9. The van der Waals surface area contributed by atoms with Gasteiger partial charge in [-0.15, -0.1) is 0 Å². The summed E-state index contributed by atoms with van der Waals surface area (Å²) in [6, 6.07) is 21.9. The number of hydrogen-bond donors (Lipinski definition) is 1. The summed E-state index contributed by atoms with van der Waals surface area (Å²) in [6.45, 7) is 2.31. The second-order valence-corrected chi connectivity index (χ2v) is 5.16. The van der Waals surface area contributed by atoms with Crippen molar-refractivity contribution in [3.05, 3.63) is 94.4 Å². The Hall–Kier alpha value is -3.01. The molecule has 0 amide bonds. The summed E-state index contributed by atoms with van der Waals surface area (Å²) in [7, 11) is 0. The van der Waals surface area contributed by atoms with Crippen LogP contribution in [0.1, 0.15) is 11.1 Å². The van der Waals surface area contributed by atoms with E-state index in [9.17, 15) is 4.79 Å². The van der Waals surface area contributed by atoms with E-state index in [0.29, 0.717) is 6.54 Å². The normalized spacial score (nSPS) is 10.3. The van der Waals surface area contributed by atoms with Crippen molar-refractivity contribution in [3.63, 3.8) is 0 Å². The van der Waals surface area contributed by atoms with Gasteiger partial charge in [-0.3, -0.25) is 4.79 Å². The number of hydrogen-bond acceptors (Lipinski definition) is 3. The molecule has 0 aliphatic rings. The van der Waals surface area contributed by atoms with Crippen LogP contribution >= 0.6 is 0 Å². The van der Waals surface area contributed by atoms with Crippen LogP contribution in [0.2, 0.25) is 0 Å². The van der Waals surface area contributed by atoms with Crippen LogP contribution in [0.15, 0.2) is 71.7 Å². The number of nitrogens with one attached hydrogen (secondary N) is 1. The lowest BCUT2D eigenvalue weighted by Crippen LogP contribution is -2.28. The van der Waals surface area contributed by atoms with E-state index in [-0.39, 0.29) is 5.56 Å². The van der Waals surface area contributed by atoms with E-state index in [2.05, 4.69) is 11.5 Å². The number of pyridine rings is 1. The fourth-order valence-corrected chi connectivity index (χ4v) is 2.18. The lowest BCUT2D eigenvalue weighted by atomic mass is 10.2. The van der Waals surface area contributed by atoms with Crippen LogP contribution in [0.5, 0.6) is 11.5 Å². The quantitative estimate of drug-likeness (QED) is 0.784. The van der Waals surface area contributed by atoms with E-state index in [0.717, 1.165) is 22.6 Å². The van der Waals surface area contributed by atoms with Gasteiger partial charge in [0.1, 0.15) is 11.5 Å². The molecule has 4 heteroatoms. The Kier molecular flexibility index (Phi) is 4.43. The first kappa shape index (κ1) is 14.9. The van der Waals surface area contributed by atoms with Crippen molar-refractivity contribution in [3.8, 4) is 11.5 Å². The van der Waals surface area contributed by atoms with E-state index in [1.54, 1.807) is 6.20 Å². The fourth-order valence-electron chi connectivity index (χ4n) is 2.18. The van der Waals surface area contributed by atoms with Crippen LogP contribution in [0.4, 0.5) is 0 Å². The van der Waals surface area contributed by atoms with Crippen LogP contribution in [0.25, 0.3) is 0 Å². The average Bonchev–Trinajstić information content (AvgIpc) is 2.56. The van der Waals surface area contributed by atoms with Gasteiger partial charge < -0.3 is 10.2 Å². The maximum Gasteiger partial charge on any atom is 0.277 e. The number of para-hydroxylation sites is 2. The molecule has 0 atom stereocenters. The van der Waals surface area contributed by atoms with E-state index >= 15 is 0 Å². The van der Waals surface area contributed by atoms with Crippen molar-refractivity contribution in [2.45, 2.75) is 13.5 Å². The van der Waals surface area contributed by atoms with Gasteiger partial charge in [-0.1, -0.05) is 36.4 Å². The molecule has 0 aliphatic carbocycles. The third-order valence-electron chi connectivity index (χ3n) is 3.38. The molecule has 1 N–H and O–H groups in total. The van der Waals surface area contributed by atoms with E-state index in [4.69, 9.17) is 4.74 Å². The van der Waals surface area contributed by atoms with Gasteiger partial charge in [0.25, 0.3) is 5.56 Å². The van der Waals surface area contributed by atoms with Gasteiger partial charge in [0.2, 0.25) is 0 Å². The molecule has 1 aromatic heterocycles. The number of rotatable bonds is 5. The highest BCUT2D eigenvalue weighted by atomic mass is 16.5. The molecule has 1 heterocycles. The Balaban J connectivity index is 1.77. The standard InChI is InChI=1S/C19H17N2O2/c1-15-11-12-21(19(22)13-15)20-14-16-7-5-6-10-18(16)23-17-8-3-2-4-9-17/h2-12,20H,14H2,1H3. The van der Waals surface area contributed by atoms with Gasteiger partial charge in [0, 0.05) is 11.8 Å². The summed E-state index contributed by atoms with van der Waals surface area (Å²) in [5.74, 6) is 1.54. The molecule has 23 heavy (non-hydrogen) atoms. The van der Waals surface area contributed by atoms with E-state index in [1.165, 1.54) is 4.68 Å². The van der Waals surface area contributed by atoms with Gasteiger partial charge in [-0.25, -0.2) is 4.68 Å². The fraction of sp³-hybridized carbons (Fsp3) is 0.105. The van der Waals surface area contributed by atoms with Gasteiger partial charge in [0.15, 0.2) is 0 Å². The Labute approximate surface area is 135 Å². The zero-order chi connectivity index (χ0) is 16.1. The Morgan fingerprint density at radius 3 is 2.57 bits per heavy atom. The Morgan fingerprint density at radius 1 is 1.04 bits per heavy atom. The highest BCUT2D eigenvalue weighted by Gasteiger charge is 2.05. The average molecular weight is 305 g/mol. The molecule has 0 saturated carbocycles. The molecular formula is C19H17N2O2. The maximum atomic E-state index is 11.9. The topological polar surface area (TPSA) is 43.3 Å². The monoisotopic (exact) mass is 305 g/mol. The molecule has 0 aliphatic heterocycles. The van der Waals surface area contributed by atoms with Crippen molar-refractivity contribution in [1.82, 2.24) is 4.68 Å². The summed E-state index contributed by atoms with van der Waals surface area (Å²) in [5, 5.41) is 0. The zero-order valence-corrected chi connectivity index (χ0v) is 12.8. The second kappa shape index (κ2) is 6.83. The van der Waals surface area contributed by atoms with Crippen LogP contribution in [0.3, 0.4) is 0 Å². The molecular weight excluding hydrogens is 288 g/mol. The predicted octanol–water partition coefficient (Wildman–Crippen LogP) is 3.49. The number of ether oxygens (including phenoxy) is 1. The van der Waals surface area contributed by atoms with Crippen molar-refractivity contribution >= 4 is 0 Å². The first-order valence-corrected chi connectivity index (χ1v) is 7.38. The molecule has 3 rings (SSSR count). The molecule has 3 aromatic rings. The van der Waals surface area contributed by atoms with Gasteiger partial charge in [-0.2, -0.15) is 0 Å². The van der Waals surface area contributed by atoms with Gasteiger partial charge in [-0.05, 0) is 36.8 Å². The van der Waals surface area contributed by atoms with E-state index in [1.807, 2.05) is 67.6 Å². The van der Waals surface area contributed by atoms with Crippen LogP contribution in [0, 0.1) is 13.0 Å². The van der Waals surface area contributed by atoms with Crippen LogP contribution in [-0.2, 0) is 6.54 Å². The molecule has 1 radical (unpaired) electrons. The molecule has 4 nitrogen and oxygen atoms in total. The third-order valence-corrected chi connectivity index (χ3v) is 3.38. The van der Waals surface area contributed by atoms with E-state index < -0.39 is 0 Å². The SMILES string of the molecule is Cc1[c]c(=O)n(NCc2ccccc2Oc2ccccc2)cc1. The Bertz CT molecular complexity index is 841. The van der Waals surface area contributed by atoms with Crippen molar-refractivity contribution in [1.29, 1.82) is 0 Å². The van der Waals surface area contributed by atoms with Gasteiger partial charge >= 0.3 is 0 Å². The van der Waals surface area contributed by atoms with Crippen molar-refractivity contribution in [2.75, 3.05) is 5.43 Å². The summed E-state index contributed by atoms with van der Waals surface area (Å²) in [5.41, 5.74) is 4.66. The number of aryl methyl sites for hydroxylation is 1.